The molecular weight excluding hydrogens is 346 g/mol. The lowest BCUT2D eigenvalue weighted by atomic mass is 10.0. The zero-order valence-electron chi connectivity index (χ0n) is 11.5. The highest BCUT2D eigenvalue weighted by atomic mass is 79.9. The maximum atomic E-state index is 13.9. The van der Waals surface area contributed by atoms with Gasteiger partial charge in [0.05, 0.1) is 29.4 Å². The van der Waals surface area contributed by atoms with Crippen molar-refractivity contribution in [2.24, 2.45) is 0 Å². The third-order valence-corrected chi connectivity index (χ3v) is 3.59. The number of carbonyl (C=O) groups is 1. The number of nitrogens with zero attached hydrogens (tertiary/aromatic N) is 2. The second-order valence-corrected chi connectivity index (χ2v) is 5.32. The minimum Gasteiger partial charge on any atom is -0.383 e. The highest BCUT2D eigenvalue weighted by Gasteiger charge is 2.22. The number of carbonyl (C=O) groups excluding carboxylic acids is 1. The van der Waals surface area contributed by atoms with Crippen LogP contribution in [0, 0.1) is 18.6 Å². The van der Waals surface area contributed by atoms with Crippen molar-refractivity contribution in [1.29, 1.82) is 0 Å². The second kappa shape index (κ2) is 6.44. The Labute approximate surface area is 128 Å². The van der Waals surface area contributed by atoms with Crippen molar-refractivity contribution >= 4 is 21.7 Å². The first-order valence-corrected chi connectivity index (χ1v) is 6.95. The quantitative estimate of drug-likeness (QED) is 0.771. The molecule has 0 aliphatic rings. The van der Waals surface area contributed by atoms with Gasteiger partial charge in [-0.2, -0.15) is 5.10 Å². The number of aromatic nitrogens is 2. The zero-order valence-corrected chi connectivity index (χ0v) is 13.1. The highest BCUT2D eigenvalue weighted by Crippen LogP contribution is 2.23. The summed E-state index contributed by atoms with van der Waals surface area (Å²) >= 11 is 3.22. The molecule has 0 bridgehead atoms. The fourth-order valence-corrected chi connectivity index (χ4v) is 2.37. The predicted molar refractivity (Wildman–Crippen MR) is 76.3 cm³/mol. The van der Waals surface area contributed by atoms with Crippen LogP contribution in [0.5, 0.6) is 0 Å². The molecule has 2 aromatic rings. The Kier molecular flexibility index (Phi) is 4.84. The summed E-state index contributed by atoms with van der Waals surface area (Å²) in [4.78, 5) is 12.5. The summed E-state index contributed by atoms with van der Waals surface area (Å²) < 4.78 is 34.0. The summed E-state index contributed by atoms with van der Waals surface area (Å²) in [6.45, 7) is 2.19. The standard InChI is InChI=1S/C14H13BrF2N2O2/c1-8-5-9(12(17)6-11(8)16)14(20)13-10(15)7-18-19(13)3-4-21-2/h5-7H,3-4H2,1-2H3. The summed E-state index contributed by atoms with van der Waals surface area (Å²) in [7, 11) is 1.53. The van der Waals surface area contributed by atoms with E-state index in [-0.39, 0.29) is 16.8 Å². The van der Waals surface area contributed by atoms with E-state index in [0.29, 0.717) is 23.7 Å². The van der Waals surface area contributed by atoms with Crippen LogP contribution in [0.15, 0.2) is 22.8 Å². The van der Waals surface area contributed by atoms with Gasteiger partial charge >= 0.3 is 0 Å². The third-order valence-electron chi connectivity index (χ3n) is 3.01. The molecule has 0 fully saturated rings. The van der Waals surface area contributed by atoms with E-state index in [1.165, 1.54) is 31.0 Å². The van der Waals surface area contributed by atoms with Crippen molar-refractivity contribution in [2.45, 2.75) is 13.5 Å². The Morgan fingerprint density at radius 2 is 2.10 bits per heavy atom. The largest absolute Gasteiger partial charge is 0.383 e. The van der Waals surface area contributed by atoms with E-state index in [9.17, 15) is 13.6 Å². The molecule has 112 valence electrons. The van der Waals surface area contributed by atoms with Crippen LogP contribution in [0.25, 0.3) is 0 Å². The van der Waals surface area contributed by atoms with Gasteiger partial charge in [-0.05, 0) is 34.5 Å². The number of methoxy groups -OCH3 is 1. The first kappa shape index (κ1) is 15.8. The average Bonchev–Trinajstić information content (AvgIpc) is 2.81. The summed E-state index contributed by atoms with van der Waals surface area (Å²) in [6, 6.07) is 1.92. The van der Waals surface area contributed by atoms with Gasteiger partial charge in [0.15, 0.2) is 0 Å². The van der Waals surface area contributed by atoms with Crippen molar-refractivity contribution in [3.05, 3.63) is 51.3 Å². The SMILES string of the molecule is COCCn1ncc(Br)c1C(=O)c1cc(C)c(F)cc1F. The number of rotatable bonds is 5. The molecule has 0 aliphatic carbocycles. The lowest BCUT2D eigenvalue weighted by molar-refractivity contribution is 0.102. The number of ether oxygens (including phenoxy) is 1. The molecule has 0 saturated carbocycles. The fourth-order valence-electron chi connectivity index (χ4n) is 1.89. The van der Waals surface area contributed by atoms with Gasteiger partial charge in [-0.3, -0.25) is 9.48 Å². The van der Waals surface area contributed by atoms with Crippen molar-refractivity contribution in [3.8, 4) is 0 Å². The molecule has 0 aliphatic heterocycles. The molecule has 0 saturated heterocycles. The van der Waals surface area contributed by atoms with E-state index in [1.807, 2.05) is 0 Å². The monoisotopic (exact) mass is 358 g/mol. The molecule has 0 amide bonds. The molecule has 0 unspecified atom stereocenters. The van der Waals surface area contributed by atoms with Crippen LogP contribution < -0.4 is 0 Å². The van der Waals surface area contributed by atoms with E-state index in [2.05, 4.69) is 21.0 Å². The Morgan fingerprint density at radius 3 is 2.76 bits per heavy atom. The zero-order chi connectivity index (χ0) is 15.6. The normalized spacial score (nSPS) is 10.9. The highest BCUT2D eigenvalue weighted by molar-refractivity contribution is 9.10. The predicted octanol–water partition coefficient (Wildman–Crippen LogP) is 3.11. The van der Waals surface area contributed by atoms with Crippen molar-refractivity contribution in [3.63, 3.8) is 0 Å². The Morgan fingerprint density at radius 1 is 1.38 bits per heavy atom. The van der Waals surface area contributed by atoms with Crippen LogP contribution in [0.3, 0.4) is 0 Å². The fraction of sp³-hybridized carbons (Fsp3) is 0.286. The Hall–Kier alpha value is -1.60. The second-order valence-electron chi connectivity index (χ2n) is 4.47. The van der Waals surface area contributed by atoms with Gasteiger partial charge in [-0.1, -0.05) is 0 Å². The summed E-state index contributed by atoms with van der Waals surface area (Å²) in [6.07, 6.45) is 1.46. The van der Waals surface area contributed by atoms with Gasteiger partial charge in [0.1, 0.15) is 17.3 Å². The summed E-state index contributed by atoms with van der Waals surface area (Å²) in [5.74, 6) is -2.14. The third kappa shape index (κ3) is 3.19. The smallest absolute Gasteiger partial charge is 0.215 e. The molecule has 0 atom stereocenters. The topological polar surface area (TPSA) is 44.1 Å². The summed E-state index contributed by atoms with van der Waals surface area (Å²) in [5, 5.41) is 4.04. The van der Waals surface area contributed by atoms with Crippen LogP contribution in [0.4, 0.5) is 8.78 Å². The molecule has 0 spiro atoms. The average molecular weight is 359 g/mol. The molecule has 0 radical (unpaired) electrons. The number of ketones is 1. The molecule has 4 nitrogen and oxygen atoms in total. The Bertz CT molecular complexity index is 686. The van der Waals surface area contributed by atoms with Crippen molar-refractivity contribution in [1.82, 2.24) is 9.78 Å². The lowest BCUT2D eigenvalue weighted by Gasteiger charge is -2.09. The van der Waals surface area contributed by atoms with E-state index < -0.39 is 17.4 Å². The molecule has 1 aromatic heterocycles. The molecule has 1 heterocycles. The van der Waals surface area contributed by atoms with Crippen LogP contribution in [0.1, 0.15) is 21.6 Å². The molecule has 2 rings (SSSR count). The number of benzene rings is 1. The lowest BCUT2D eigenvalue weighted by Crippen LogP contribution is -2.16. The van der Waals surface area contributed by atoms with Gasteiger partial charge in [-0.15, -0.1) is 0 Å². The first-order chi connectivity index (χ1) is 9.95. The van der Waals surface area contributed by atoms with Gasteiger partial charge in [0.25, 0.3) is 0 Å². The maximum Gasteiger partial charge on any atom is 0.215 e. The number of hydrogen-bond donors (Lipinski definition) is 0. The van der Waals surface area contributed by atoms with Gasteiger partial charge in [-0.25, -0.2) is 8.78 Å². The molecule has 21 heavy (non-hydrogen) atoms. The summed E-state index contributed by atoms with van der Waals surface area (Å²) in [5.41, 5.74) is 0.226. The van der Waals surface area contributed by atoms with Gasteiger partial charge in [0, 0.05) is 13.2 Å². The molecule has 0 N–H and O–H groups in total. The van der Waals surface area contributed by atoms with E-state index >= 15 is 0 Å². The maximum absolute atomic E-state index is 13.9. The molecule has 1 aromatic carbocycles. The first-order valence-electron chi connectivity index (χ1n) is 6.16. The van der Waals surface area contributed by atoms with E-state index in [4.69, 9.17) is 4.74 Å². The van der Waals surface area contributed by atoms with Crippen LogP contribution >= 0.6 is 15.9 Å². The van der Waals surface area contributed by atoms with E-state index in [0.717, 1.165) is 0 Å². The van der Waals surface area contributed by atoms with Crippen LogP contribution in [0.2, 0.25) is 0 Å². The van der Waals surface area contributed by atoms with Crippen LogP contribution in [-0.2, 0) is 11.3 Å². The van der Waals surface area contributed by atoms with Crippen molar-refractivity contribution in [2.75, 3.05) is 13.7 Å². The van der Waals surface area contributed by atoms with Gasteiger partial charge < -0.3 is 4.74 Å². The number of aryl methyl sites for hydroxylation is 1. The molecular formula is C14H13BrF2N2O2. The number of halogens is 3. The van der Waals surface area contributed by atoms with E-state index in [1.54, 1.807) is 0 Å². The Balaban J connectivity index is 2.45. The van der Waals surface area contributed by atoms with Crippen molar-refractivity contribution < 1.29 is 18.3 Å². The van der Waals surface area contributed by atoms with Crippen LogP contribution in [-0.4, -0.2) is 29.3 Å². The minimum atomic E-state index is -0.894. The minimum absolute atomic E-state index is 0.186. The van der Waals surface area contributed by atoms with Gasteiger partial charge in [0.2, 0.25) is 5.78 Å². The number of hydrogen-bond acceptors (Lipinski definition) is 3. The molecule has 7 heteroatoms.